The molecule has 28 heavy (non-hydrogen) atoms. The van der Waals surface area contributed by atoms with E-state index in [1.54, 1.807) is 12.3 Å². The SMILES string of the molecule is CN(C)c1ccc(/C=N/n2c(-c3ccccc3)nc3ccccc3c2=O)cc1. The Labute approximate surface area is 163 Å². The summed E-state index contributed by atoms with van der Waals surface area (Å²) >= 11 is 0. The van der Waals surface area contributed by atoms with Gasteiger partial charge in [0.2, 0.25) is 0 Å². The first-order valence-corrected chi connectivity index (χ1v) is 9.02. The predicted molar refractivity (Wildman–Crippen MR) is 115 cm³/mol. The minimum Gasteiger partial charge on any atom is -0.378 e. The summed E-state index contributed by atoms with van der Waals surface area (Å²) in [4.78, 5) is 19.8. The Hall–Kier alpha value is -3.73. The maximum atomic E-state index is 13.1. The van der Waals surface area contributed by atoms with Gasteiger partial charge >= 0.3 is 0 Å². The fourth-order valence-corrected chi connectivity index (χ4v) is 2.99. The summed E-state index contributed by atoms with van der Waals surface area (Å²) in [7, 11) is 3.99. The number of aromatic nitrogens is 2. The molecule has 0 fully saturated rings. The van der Waals surface area contributed by atoms with Gasteiger partial charge in [-0.25, -0.2) is 4.98 Å². The fourth-order valence-electron chi connectivity index (χ4n) is 2.99. The molecule has 0 aliphatic heterocycles. The molecule has 0 amide bonds. The van der Waals surface area contributed by atoms with Crippen LogP contribution < -0.4 is 10.5 Å². The Morgan fingerprint density at radius 1 is 0.893 bits per heavy atom. The second-order valence-electron chi connectivity index (χ2n) is 6.67. The van der Waals surface area contributed by atoms with E-state index in [9.17, 15) is 4.79 Å². The van der Waals surface area contributed by atoms with Crippen LogP contribution in [0.4, 0.5) is 5.69 Å². The third-order valence-electron chi connectivity index (χ3n) is 4.52. The van der Waals surface area contributed by atoms with E-state index in [1.807, 2.05) is 91.8 Å². The topological polar surface area (TPSA) is 50.5 Å². The van der Waals surface area contributed by atoms with Crippen LogP contribution in [0, 0.1) is 0 Å². The largest absolute Gasteiger partial charge is 0.378 e. The first kappa shape index (κ1) is 17.7. The van der Waals surface area contributed by atoms with Gasteiger partial charge in [-0.3, -0.25) is 4.79 Å². The Morgan fingerprint density at radius 2 is 1.57 bits per heavy atom. The maximum Gasteiger partial charge on any atom is 0.282 e. The molecule has 0 atom stereocenters. The number of rotatable bonds is 4. The molecule has 0 radical (unpaired) electrons. The summed E-state index contributed by atoms with van der Waals surface area (Å²) in [6.45, 7) is 0. The zero-order chi connectivity index (χ0) is 19.5. The highest BCUT2D eigenvalue weighted by atomic mass is 16.1. The van der Waals surface area contributed by atoms with Crippen molar-refractivity contribution in [3.05, 3.63) is 94.8 Å². The number of para-hydroxylation sites is 1. The average molecular weight is 368 g/mol. The van der Waals surface area contributed by atoms with Crippen molar-refractivity contribution in [1.29, 1.82) is 0 Å². The second-order valence-corrected chi connectivity index (χ2v) is 6.67. The summed E-state index contributed by atoms with van der Waals surface area (Å²) in [6, 6.07) is 24.9. The molecule has 1 heterocycles. The van der Waals surface area contributed by atoms with E-state index in [1.165, 1.54) is 4.68 Å². The zero-order valence-electron chi connectivity index (χ0n) is 15.8. The van der Waals surface area contributed by atoms with Gasteiger partial charge in [0.1, 0.15) is 0 Å². The average Bonchev–Trinajstić information content (AvgIpc) is 2.74. The Morgan fingerprint density at radius 3 is 2.29 bits per heavy atom. The third kappa shape index (κ3) is 3.42. The van der Waals surface area contributed by atoms with Crippen LogP contribution >= 0.6 is 0 Å². The molecule has 0 bridgehead atoms. The van der Waals surface area contributed by atoms with Crippen molar-refractivity contribution in [2.45, 2.75) is 0 Å². The molecule has 138 valence electrons. The van der Waals surface area contributed by atoms with E-state index in [4.69, 9.17) is 4.98 Å². The normalized spacial score (nSPS) is 11.2. The molecular formula is C23H20N4O. The van der Waals surface area contributed by atoms with E-state index in [0.29, 0.717) is 16.7 Å². The lowest BCUT2D eigenvalue weighted by atomic mass is 10.2. The van der Waals surface area contributed by atoms with E-state index < -0.39 is 0 Å². The van der Waals surface area contributed by atoms with Gasteiger partial charge in [-0.2, -0.15) is 9.78 Å². The smallest absolute Gasteiger partial charge is 0.282 e. The molecule has 4 rings (SSSR count). The third-order valence-corrected chi connectivity index (χ3v) is 4.52. The Bertz CT molecular complexity index is 1190. The standard InChI is InChI=1S/C23H20N4O/c1-26(2)19-14-12-17(13-15-19)16-24-27-22(18-8-4-3-5-9-18)25-21-11-7-6-10-20(21)23(27)28/h3-16H,1-2H3/b24-16+. The molecule has 1 aromatic heterocycles. The number of nitrogens with zero attached hydrogens (tertiary/aromatic N) is 4. The van der Waals surface area contributed by atoms with Gasteiger partial charge in [0.25, 0.3) is 5.56 Å². The summed E-state index contributed by atoms with van der Waals surface area (Å²) in [5, 5.41) is 5.02. The molecule has 0 aliphatic carbocycles. The van der Waals surface area contributed by atoms with Gasteiger partial charge in [0, 0.05) is 25.3 Å². The van der Waals surface area contributed by atoms with Gasteiger partial charge in [-0.15, -0.1) is 0 Å². The van der Waals surface area contributed by atoms with Gasteiger partial charge in [0.05, 0.1) is 17.1 Å². The number of hydrogen-bond donors (Lipinski definition) is 0. The van der Waals surface area contributed by atoms with Gasteiger partial charge in [-0.05, 0) is 29.8 Å². The first-order valence-electron chi connectivity index (χ1n) is 9.02. The van der Waals surface area contributed by atoms with Crippen LogP contribution in [-0.2, 0) is 0 Å². The van der Waals surface area contributed by atoms with Crippen molar-refractivity contribution in [1.82, 2.24) is 9.66 Å². The molecule has 0 N–H and O–H groups in total. The van der Waals surface area contributed by atoms with Crippen molar-refractivity contribution in [2.24, 2.45) is 5.10 Å². The second kappa shape index (κ2) is 7.48. The molecule has 0 aliphatic rings. The van der Waals surface area contributed by atoms with Crippen molar-refractivity contribution in [2.75, 3.05) is 19.0 Å². The molecule has 5 nitrogen and oxygen atoms in total. The molecule has 4 aromatic rings. The number of anilines is 1. The quantitative estimate of drug-likeness (QED) is 0.512. The minimum atomic E-state index is -0.189. The molecule has 0 saturated carbocycles. The van der Waals surface area contributed by atoms with Crippen LogP contribution in [0.2, 0.25) is 0 Å². The molecule has 0 unspecified atom stereocenters. The lowest BCUT2D eigenvalue weighted by molar-refractivity contribution is 0.830. The van der Waals surface area contributed by atoms with E-state index in [2.05, 4.69) is 5.10 Å². The summed E-state index contributed by atoms with van der Waals surface area (Å²) in [6.07, 6.45) is 1.68. The molecule has 3 aromatic carbocycles. The zero-order valence-corrected chi connectivity index (χ0v) is 15.8. The lowest BCUT2D eigenvalue weighted by Gasteiger charge is -2.12. The van der Waals surface area contributed by atoms with E-state index in [0.717, 1.165) is 16.8 Å². The molecule has 0 saturated heterocycles. The van der Waals surface area contributed by atoms with Crippen molar-refractivity contribution in [3.8, 4) is 11.4 Å². The van der Waals surface area contributed by atoms with Crippen molar-refractivity contribution in [3.63, 3.8) is 0 Å². The number of fused-ring (bicyclic) bond motifs is 1. The van der Waals surface area contributed by atoms with Gasteiger partial charge in [0.15, 0.2) is 5.82 Å². The van der Waals surface area contributed by atoms with Gasteiger partial charge in [-0.1, -0.05) is 54.6 Å². The highest BCUT2D eigenvalue weighted by molar-refractivity contribution is 5.82. The molecule has 5 heteroatoms. The highest BCUT2D eigenvalue weighted by Gasteiger charge is 2.11. The first-order chi connectivity index (χ1) is 13.6. The van der Waals surface area contributed by atoms with Crippen LogP contribution in [0.15, 0.2) is 88.8 Å². The van der Waals surface area contributed by atoms with Crippen LogP contribution in [0.3, 0.4) is 0 Å². The predicted octanol–water partition coefficient (Wildman–Crippen LogP) is 4.01. The van der Waals surface area contributed by atoms with E-state index >= 15 is 0 Å². The monoisotopic (exact) mass is 368 g/mol. The van der Waals surface area contributed by atoms with Crippen LogP contribution in [0.25, 0.3) is 22.3 Å². The summed E-state index contributed by atoms with van der Waals surface area (Å²) in [5.74, 6) is 0.519. The number of benzene rings is 3. The van der Waals surface area contributed by atoms with Crippen LogP contribution in [-0.4, -0.2) is 30.0 Å². The van der Waals surface area contributed by atoms with Crippen LogP contribution in [0.1, 0.15) is 5.56 Å². The van der Waals surface area contributed by atoms with Crippen molar-refractivity contribution >= 4 is 22.8 Å². The molecular weight excluding hydrogens is 348 g/mol. The summed E-state index contributed by atoms with van der Waals surface area (Å²) in [5.41, 5.74) is 3.32. The molecule has 0 spiro atoms. The van der Waals surface area contributed by atoms with Gasteiger partial charge < -0.3 is 4.90 Å². The van der Waals surface area contributed by atoms with Crippen molar-refractivity contribution < 1.29 is 0 Å². The Balaban J connectivity index is 1.85. The lowest BCUT2D eigenvalue weighted by Crippen LogP contribution is -2.20. The summed E-state index contributed by atoms with van der Waals surface area (Å²) < 4.78 is 1.37. The maximum absolute atomic E-state index is 13.1. The van der Waals surface area contributed by atoms with Crippen LogP contribution in [0.5, 0.6) is 0 Å². The Kier molecular flexibility index (Phi) is 4.72. The fraction of sp³-hybridized carbons (Fsp3) is 0.0870. The number of hydrogen-bond acceptors (Lipinski definition) is 4. The van der Waals surface area contributed by atoms with E-state index in [-0.39, 0.29) is 5.56 Å². The minimum absolute atomic E-state index is 0.189. The highest BCUT2D eigenvalue weighted by Crippen LogP contribution is 2.18.